The molecule has 3 aromatic carbocycles. The zero-order valence-corrected chi connectivity index (χ0v) is 19.5. The van der Waals surface area contributed by atoms with Crippen LogP contribution in [0.15, 0.2) is 65.6 Å². The first kappa shape index (κ1) is 25.6. The normalized spacial score (nSPS) is 14.2. The maximum Gasteiger partial charge on any atom is 0.416 e. The standard InChI is InChI=1S/C24H19F5N2O4S/c1-35-11-10-30-14-31(36(33,34)17-5-2-4-16(13-17)24(27,28)29)21-12-15(8-9-19(21)23(30)32)18-6-3-7-20(25)22(18)26/h2-9,12-13H,10-11,14H2,1H3. The van der Waals surface area contributed by atoms with Crippen molar-refractivity contribution in [1.82, 2.24) is 4.90 Å². The van der Waals surface area contributed by atoms with E-state index in [1.54, 1.807) is 0 Å². The number of ether oxygens (including phenoxy) is 1. The molecular formula is C24H19F5N2O4S. The molecule has 0 unspecified atom stereocenters. The van der Waals surface area contributed by atoms with Gasteiger partial charge in [0.05, 0.1) is 28.3 Å². The fourth-order valence-corrected chi connectivity index (χ4v) is 5.30. The lowest BCUT2D eigenvalue weighted by atomic mass is 10.00. The molecule has 190 valence electrons. The Morgan fingerprint density at radius 3 is 2.39 bits per heavy atom. The number of carbonyl (C=O) groups is 1. The molecule has 0 radical (unpaired) electrons. The Morgan fingerprint density at radius 2 is 1.69 bits per heavy atom. The molecule has 0 spiro atoms. The highest BCUT2D eigenvalue weighted by Crippen LogP contribution is 2.38. The third kappa shape index (κ3) is 4.65. The van der Waals surface area contributed by atoms with Crippen LogP contribution in [-0.4, -0.2) is 46.2 Å². The highest BCUT2D eigenvalue weighted by atomic mass is 32.2. The first-order valence-electron chi connectivity index (χ1n) is 10.5. The van der Waals surface area contributed by atoms with Gasteiger partial charge in [0.2, 0.25) is 0 Å². The molecule has 0 fully saturated rings. The summed E-state index contributed by atoms with van der Waals surface area (Å²) in [6, 6.07) is 10.5. The predicted molar refractivity (Wildman–Crippen MR) is 121 cm³/mol. The molecule has 1 amide bonds. The van der Waals surface area contributed by atoms with Gasteiger partial charge in [-0.15, -0.1) is 0 Å². The van der Waals surface area contributed by atoms with Gasteiger partial charge in [0.1, 0.15) is 6.67 Å². The Labute approximate surface area is 203 Å². The van der Waals surface area contributed by atoms with Crippen LogP contribution in [0, 0.1) is 11.6 Å². The van der Waals surface area contributed by atoms with E-state index in [9.17, 15) is 35.2 Å². The molecule has 12 heteroatoms. The summed E-state index contributed by atoms with van der Waals surface area (Å²) < 4.78 is 101. The third-order valence-corrected chi connectivity index (χ3v) is 7.40. The van der Waals surface area contributed by atoms with E-state index in [1.165, 1.54) is 42.3 Å². The van der Waals surface area contributed by atoms with Gasteiger partial charge in [-0.05, 0) is 42.0 Å². The van der Waals surface area contributed by atoms with Gasteiger partial charge in [-0.3, -0.25) is 4.79 Å². The smallest absolute Gasteiger partial charge is 0.383 e. The topological polar surface area (TPSA) is 66.9 Å². The average molecular weight is 526 g/mol. The summed E-state index contributed by atoms with van der Waals surface area (Å²) in [5.74, 6) is -2.85. The number of amides is 1. The molecule has 0 bridgehead atoms. The molecule has 6 nitrogen and oxygen atoms in total. The van der Waals surface area contributed by atoms with Crippen molar-refractivity contribution in [3.8, 4) is 11.1 Å². The van der Waals surface area contributed by atoms with E-state index >= 15 is 0 Å². The zero-order chi connectivity index (χ0) is 26.3. The first-order chi connectivity index (χ1) is 16.9. The molecule has 0 saturated carbocycles. The van der Waals surface area contributed by atoms with E-state index in [-0.39, 0.29) is 35.5 Å². The first-order valence-corrected chi connectivity index (χ1v) is 12.0. The number of fused-ring (bicyclic) bond motifs is 1. The second-order valence-corrected chi connectivity index (χ2v) is 9.78. The number of anilines is 1. The Hall–Kier alpha value is -3.51. The molecule has 1 aliphatic rings. The van der Waals surface area contributed by atoms with Crippen molar-refractivity contribution in [3.63, 3.8) is 0 Å². The van der Waals surface area contributed by atoms with E-state index in [4.69, 9.17) is 4.74 Å². The zero-order valence-electron chi connectivity index (χ0n) is 18.7. The van der Waals surface area contributed by atoms with Crippen LogP contribution >= 0.6 is 0 Å². The maximum absolute atomic E-state index is 14.4. The van der Waals surface area contributed by atoms with Crippen LogP contribution < -0.4 is 4.31 Å². The lowest BCUT2D eigenvalue weighted by molar-refractivity contribution is -0.137. The maximum atomic E-state index is 14.4. The number of sulfonamides is 1. The fourth-order valence-electron chi connectivity index (χ4n) is 3.82. The number of rotatable bonds is 6. The second-order valence-electron chi connectivity index (χ2n) is 7.92. The van der Waals surface area contributed by atoms with Crippen LogP contribution in [0.25, 0.3) is 11.1 Å². The van der Waals surface area contributed by atoms with Crippen LogP contribution in [0.2, 0.25) is 0 Å². The Bertz CT molecular complexity index is 1430. The van der Waals surface area contributed by atoms with Gasteiger partial charge < -0.3 is 9.64 Å². The lowest BCUT2D eigenvalue weighted by Gasteiger charge is -2.37. The molecule has 36 heavy (non-hydrogen) atoms. The quantitative estimate of drug-likeness (QED) is 0.429. The van der Waals surface area contributed by atoms with Gasteiger partial charge in [-0.2, -0.15) is 13.2 Å². The Balaban J connectivity index is 1.88. The summed E-state index contributed by atoms with van der Waals surface area (Å²) in [5.41, 5.74) is -1.51. The molecular weight excluding hydrogens is 507 g/mol. The van der Waals surface area contributed by atoms with Crippen LogP contribution in [0.4, 0.5) is 27.6 Å². The van der Waals surface area contributed by atoms with Crippen LogP contribution in [0.1, 0.15) is 15.9 Å². The highest BCUT2D eigenvalue weighted by Gasteiger charge is 2.38. The predicted octanol–water partition coefficient (Wildman–Crippen LogP) is 4.91. The summed E-state index contributed by atoms with van der Waals surface area (Å²) >= 11 is 0. The minimum absolute atomic E-state index is 0.00363. The number of methoxy groups -OCH3 is 1. The van der Waals surface area contributed by atoms with E-state index < -0.39 is 50.9 Å². The van der Waals surface area contributed by atoms with Crippen LogP contribution in [0.3, 0.4) is 0 Å². The third-order valence-electron chi connectivity index (χ3n) is 5.66. The van der Waals surface area contributed by atoms with Crippen molar-refractivity contribution >= 4 is 21.6 Å². The van der Waals surface area contributed by atoms with E-state index in [1.807, 2.05) is 0 Å². The average Bonchev–Trinajstić information content (AvgIpc) is 2.84. The van der Waals surface area contributed by atoms with Crippen molar-refractivity contribution in [2.45, 2.75) is 11.1 Å². The van der Waals surface area contributed by atoms with E-state index in [0.29, 0.717) is 6.07 Å². The van der Waals surface area contributed by atoms with Gasteiger partial charge in [0.15, 0.2) is 11.6 Å². The number of hydrogen-bond acceptors (Lipinski definition) is 4. The number of hydrogen-bond donors (Lipinski definition) is 0. The summed E-state index contributed by atoms with van der Waals surface area (Å²) in [4.78, 5) is 13.6. The molecule has 0 N–H and O–H groups in total. The molecule has 0 aromatic heterocycles. The Kier molecular flexibility index (Phi) is 6.76. The van der Waals surface area contributed by atoms with Gasteiger partial charge >= 0.3 is 6.18 Å². The van der Waals surface area contributed by atoms with Gasteiger partial charge in [0.25, 0.3) is 15.9 Å². The van der Waals surface area contributed by atoms with Crippen LogP contribution in [-0.2, 0) is 20.9 Å². The molecule has 4 rings (SSSR count). The molecule has 1 heterocycles. The van der Waals surface area contributed by atoms with Crippen LogP contribution in [0.5, 0.6) is 0 Å². The second kappa shape index (κ2) is 9.51. The summed E-state index contributed by atoms with van der Waals surface area (Å²) in [6.07, 6.45) is -4.78. The number of nitrogens with zero attached hydrogens (tertiary/aromatic N) is 2. The number of benzene rings is 3. The van der Waals surface area contributed by atoms with Crippen molar-refractivity contribution in [2.24, 2.45) is 0 Å². The van der Waals surface area contributed by atoms with Crippen molar-refractivity contribution in [3.05, 3.63) is 83.4 Å². The van der Waals surface area contributed by atoms with Crippen molar-refractivity contribution < 1.29 is 39.9 Å². The van der Waals surface area contributed by atoms with Gasteiger partial charge in [-0.1, -0.05) is 24.3 Å². The summed E-state index contributed by atoms with van der Waals surface area (Å²) in [6.45, 7) is -0.447. The number of carbonyl (C=O) groups excluding carboxylic acids is 1. The Morgan fingerprint density at radius 1 is 0.972 bits per heavy atom. The van der Waals surface area contributed by atoms with Gasteiger partial charge in [-0.25, -0.2) is 21.5 Å². The fraction of sp³-hybridized carbons (Fsp3) is 0.208. The lowest BCUT2D eigenvalue weighted by Crippen LogP contribution is -2.50. The van der Waals surface area contributed by atoms with Crippen molar-refractivity contribution in [1.29, 1.82) is 0 Å². The van der Waals surface area contributed by atoms with Gasteiger partial charge in [0, 0.05) is 19.2 Å². The summed E-state index contributed by atoms with van der Waals surface area (Å²) in [5, 5.41) is 0. The number of halogens is 5. The van der Waals surface area contributed by atoms with E-state index in [2.05, 4.69) is 0 Å². The number of alkyl halides is 3. The monoisotopic (exact) mass is 526 g/mol. The SMILES string of the molecule is COCCN1CN(S(=O)(=O)c2cccc(C(F)(F)F)c2)c2cc(-c3cccc(F)c3F)ccc2C1=O. The molecule has 0 aliphatic carbocycles. The molecule has 3 aromatic rings. The summed E-state index contributed by atoms with van der Waals surface area (Å²) in [7, 11) is -3.24. The minimum Gasteiger partial charge on any atom is -0.383 e. The highest BCUT2D eigenvalue weighted by molar-refractivity contribution is 7.92. The largest absolute Gasteiger partial charge is 0.416 e. The molecule has 0 saturated heterocycles. The molecule has 0 atom stereocenters. The van der Waals surface area contributed by atoms with Crippen molar-refractivity contribution in [2.75, 3.05) is 31.2 Å². The van der Waals surface area contributed by atoms with E-state index in [0.717, 1.165) is 28.6 Å². The molecule has 1 aliphatic heterocycles. The minimum atomic E-state index is -4.78.